The van der Waals surface area contributed by atoms with Gasteiger partial charge in [0, 0.05) is 20.1 Å². The molecule has 0 heterocycles. The van der Waals surface area contributed by atoms with E-state index < -0.39 is 11.9 Å². The van der Waals surface area contributed by atoms with Gasteiger partial charge in [0.05, 0.1) is 5.92 Å². The zero-order chi connectivity index (χ0) is 14.1. The predicted molar refractivity (Wildman–Crippen MR) is 70.6 cm³/mol. The molecular weight excluding hydrogens is 234 g/mol. The van der Waals surface area contributed by atoms with Gasteiger partial charge in [0.1, 0.15) is 0 Å². The van der Waals surface area contributed by atoms with Crippen molar-refractivity contribution in [3.63, 3.8) is 0 Å². The number of nitrogens with zero attached hydrogens (tertiary/aromatic N) is 2. The lowest BCUT2D eigenvalue weighted by molar-refractivity contribution is -0.141. The standard InChI is InChI=1S/C12H25N3O3/c1-10(11(16)17)9-15(4)12(18)13-7-5-6-8-14(2)3/h10H,5-9H2,1-4H3,(H,13,18)(H,16,17). The van der Waals surface area contributed by atoms with E-state index in [1.165, 1.54) is 4.90 Å². The molecule has 0 aliphatic rings. The van der Waals surface area contributed by atoms with Gasteiger partial charge in [-0.25, -0.2) is 4.79 Å². The summed E-state index contributed by atoms with van der Waals surface area (Å²) in [5, 5.41) is 11.5. The van der Waals surface area contributed by atoms with Gasteiger partial charge in [-0.3, -0.25) is 4.79 Å². The maximum Gasteiger partial charge on any atom is 0.317 e. The summed E-state index contributed by atoms with van der Waals surface area (Å²) in [5.41, 5.74) is 0. The topological polar surface area (TPSA) is 72.9 Å². The van der Waals surface area contributed by atoms with Gasteiger partial charge in [-0.05, 0) is 33.5 Å². The summed E-state index contributed by atoms with van der Waals surface area (Å²) in [6.45, 7) is 3.43. The third kappa shape index (κ3) is 7.89. The quantitative estimate of drug-likeness (QED) is 0.629. The smallest absolute Gasteiger partial charge is 0.317 e. The summed E-state index contributed by atoms with van der Waals surface area (Å²) in [6, 6.07) is -0.215. The number of amides is 2. The number of aliphatic carboxylic acids is 1. The average Bonchev–Trinajstić information content (AvgIpc) is 2.27. The molecule has 0 spiro atoms. The van der Waals surface area contributed by atoms with Crippen molar-refractivity contribution in [1.82, 2.24) is 15.1 Å². The molecule has 2 amide bonds. The van der Waals surface area contributed by atoms with Crippen LogP contribution in [0.4, 0.5) is 4.79 Å². The van der Waals surface area contributed by atoms with E-state index in [9.17, 15) is 9.59 Å². The van der Waals surface area contributed by atoms with Crippen molar-refractivity contribution >= 4 is 12.0 Å². The first kappa shape index (κ1) is 16.7. The van der Waals surface area contributed by atoms with Crippen LogP contribution in [0.3, 0.4) is 0 Å². The molecule has 1 atom stereocenters. The predicted octanol–water partition coefficient (Wildman–Crippen LogP) is 0.690. The number of carboxylic acids is 1. The van der Waals surface area contributed by atoms with Crippen LogP contribution < -0.4 is 5.32 Å². The Morgan fingerprint density at radius 2 is 1.83 bits per heavy atom. The van der Waals surface area contributed by atoms with Crippen molar-refractivity contribution in [1.29, 1.82) is 0 Å². The molecule has 18 heavy (non-hydrogen) atoms. The minimum atomic E-state index is -0.888. The van der Waals surface area contributed by atoms with E-state index in [1.807, 2.05) is 14.1 Å². The Labute approximate surface area is 109 Å². The number of carbonyl (C=O) groups excluding carboxylic acids is 1. The highest BCUT2D eigenvalue weighted by Crippen LogP contribution is 1.98. The van der Waals surface area contributed by atoms with Gasteiger partial charge in [0.25, 0.3) is 0 Å². The number of hydrogen-bond donors (Lipinski definition) is 2. The van der Waals surface area contributed by atoms with Crippen LogP contribution in [-0.4, -0.2) is 67.7 Å². The Morgan fingerprint density at radius 1 is 1.22 bits per heavy atom. The average molecular weight is 259 g/mol. The van der Waals surface area contributed by atoms with Gasteiger partial charge in [0.15, 0.2) is 0 Å². The second-order valence-corrected chi connectivity index (χ2v) is 4.86. The molecule has 1 unspecified atom stereocenters. The summed E-state index contributed by atoms with van der Waals surface area (Å²) >= 11 is 0. The molecular formula is C12H25N3O3. The van der Waals surface area contributed by atoms with E-state index in [-0.39, 0.29) is 12.6 Å². The normalized spacial score (nSPS) is 12.3. The Hall–Kier alpha value is -1.30. The van der Waals surface area contributed by atoms with Gasteiger partial charge in [-0.1, -0.05) is 6.92 Å². The molecule has 6 nitrogen and oxygen atoms in total. The summed E-state index contributed by atoms with van der Waals surface area (Å²) in [4.78, 5) is 25.8. The van der Waals surface area contributed by atoms with Crippen molar-refractivity contribution in [2.24, 2.45) is 5.92 Å². The summed E-state index contributed by atoms with van der Waals surface area (Å²) in [6.07, 6.45) is 1.95. The second kappa shape index (κ2) is 8.74. The lowest BCUT2D eigenvalue weighted by Gasteiger charge is -2.20. The first-order valence-electron chi connectivity index (χ1n) is 6.21. The molecule has 0 aromatic rings. The molecule has 0 bridgehead atoms. The van der Waals surface area contributed by atoms with Gasteiger partial charge in [0.2, 0.25) is 0 Å². The Balaban J connectivity index is 3.71. The maximum atomic E-state index is 11.6. The van der Waals surface area contributed by atoms with Crippen molar-refractivity contribution in [2.45, 2.75) is 19.8 Å². The van der Waals surface area contributed by atoms with E-state index in [4.69, 9.17) is 5.11 Å². The minimum Gasteiger partial charge on any atom is -0.481 e. The van der Waals surface area contributed by atoms with Crippen molar-refractivity contribution < 1.29 is 14.7 Å². The molecule has 6 heteroatoms. The van der Waals surface area contributed by atoms with Crippen LogP contribution in [0.15, 0.2) is 0 Å². The van der Waals surface area contributed by atoms with Crippen molar-refractivity contribution in [3.8, 4) is 0 Å². The van der Waals surface area contributed by atoms with Crippen LogP contribution in [0.5, 0.6) is 0 Å². The molecule has 0 rings (SSSR count). The van der Waals surface area contributed by atoms with Crippen LogP contribution >= 0.6 is 0 Å². The van der Waals surface area contributed by atoms with Crippen molar-refractivity contribution in [2.75, 3.05) is 40.8 Å². The fourth-order valence-corrected chi connectivity index (χ4v) is 1.46. The first-order chi connectivity index (χ1) is 8.34. The number of carboxylic acid groups (broad SMARTS) is 1. The Morgan fingerprint density at radius 3 is 2.33 bits per heavy atom. The number of nitrogens with one attached hydrogen (secondary N) is 1. The highest BCUT2D eigenvalue weighted by atomic mass is 16.4. The summed E-state index contributed by atoms with van der Waals surface area (Å²) < 4.78 is 0. The van der Waals surface area contributed by atoms with E-state index >= 15 is 0 Å². The molecule has 0 aliphatic carbocycles. The lowest BCUT2D eigenvalue weighted by atomic mass is 10.2. The van der Waals surface area contributed by atoms with Gasteiger partial charge in [-0.2, -0.15) is 0 Å². The molecule has 0 aliphatic heterocycles. The number of carbonyl (C=O) groups is 2. The zero-order valence-electron chi connectivity index (χ0n) is 11.8. The van der Waals surface area contributed by atoms with E-state index in [0.29, 0.717) is 6.54 Å². The van der Waals surface area contributed by atoms with Crippen LogP contribution in [0.1, 0.15) is 19.8 Å². The number of unbranched alkanes of at least 4 members (excludes halogenated alkanes) is 1. The Bertz CT molecular complexity index is 269. The van der Waals surface area contributed by atoms with Crippen molar-refractivity contribution in [3.05, 3.63) is 0 Å². The number of rotatable bonds is 8. The van der Waals surface area contributed by atoms with Crippen LogP contribution in [0, 0.1) is 5.92 Å². The molecule has 0 radical (unpaired) electrons. The van der Waals surface area contributed by atoms with Crippen LogP contribution in [0.2, 0.25) is 0 Å². The minimum absolute atomic E-state index is 0.215. The van der Waals surface area contributed by atoms with Gasteiger partial charge < -0.3 is 20.2 Å². The molecule has 0 aromatic heterocycles. The van der Waals surface area contributed by atoms with Crippen LogP contribution in [-0.2, 0) is 4.79 Å². The number of hydrogen-bond acceptors (Lipinski definition) is 3. The highest BCUT2D eigenvalue weighted by Gasteiger charge is 2.16. The van der Waals surface area contributed by atoms with E-state index in [2.05, 4.69) is 10.2 Å². The Kier molecular flexibility index (Phi) is 8.11. The monoisotopic (exact) mass is 259 g/mol. The molecule has 0 saturated heterocycles. The van der Waals surface area contributed by atoms with E-state index in [1.54, 1.807) is 14.0 Å². The number of urea groups is 1. The lowest BCUT2D eigenvalue weighted by Crippen LogP contribution is -2.41. The first-order valence-corrected chi connectivity index (χ1v) is 6.21. The third-order valence-electron chi connectivity index (χ3n) is 2.62. The van der Waals surface area contributed by atoms with Crippen LogP contribution in [0.25, 0.3) is 0 Å². The maximum absolute atomic E-state index is 11.6. The third-order valence-corrected chi connectivity index (χ3v) is 2.62. The second-order valence-electron chi connectivity index (χ2n) is 4.86. The summed E-state index contributed by atoms with van der Waals surface area (Å²) in [5.74, 6) is -1.44. The van der Waals surface area contributed by atoms with E-state index in [0.717, 1.165) is 19.4 Å². The fourth-order valence-electron chi connectivity index (χ4n) is 1.46. The van der Waals surface area contributed by atoms with Gasteiger partial charge in [-0.15, -0.1) is 0 Å². The molecule has 2 N–H and O–H groups in total. The SMILES string of the molecule is CC(CN(C)C(=O)NCCCCN(C)C)C(=O)O. The largest absolute Gasteiger partial charge is 0.481 e. The fraction of sp³-hybridized carbons (Fsp3) is 0.833. The molecule has 0 aromatic carbocycles. The molecule has 106 valence electrons. The highest BCUT2D eigenvalue weighted by molar-refractivity contribution is 5.75. The zero-order valence-corrected chi connectivity index (χ0v) is 11.8. The molecule has 0 fully saturated rings. The summed E-state index contributed by atoms with van der Waals surface area (Å²) in [7, 11) is 5.63. The molecule has 0 saturated carbocycles. The van der Waals surface area contributed by atoms with Gasteiger partial charge >= 0.3 is 12.0 Å².